The van der Waals surface area contributed by atoms with E-state index in [-0.39, 0.29) is 5.91 Å². The standard InChI is InChI=1S/C9H18ClNO2/c1-2-3-4-9(12)11-6-8-13-7-5-10/h2-8H2,1H3,(H,11,12). The molecule has 0 fully saturated rings. The molecule has 0 bridgehead atoms. The topological polar surface area (TPSA) is 38.3 Å². The average molecular weight is 208 g/mol. The first-order chi connectivity index (χ1) is 6.31. The molecule has 0 aliphatic heterocycles. The van der Waals surface area contributed by atoms with Crippen LogP contribution in [0.25, 0.3) is 0 Å². The smallest absolute Gasteiger partial charge is 0.220 e. The maximum Gasteiger partial charge on any atom is 0.220 e. The van der Waals surface area contributed by atoms with E-state index >= 15 is 0 Å². The molecule has 0 atom stereocenters. The van der Waals surface area contributed by atoms with Gasteiger partial charge in [-0.2, -0.15) is 0 Å². The number of hydrogen-bond donors (Lipinski definition) is 1. The normalized spacial score (nSPS) is 10.0. The number of carbonyl (C=O) groups is 1. The highest BCUT2D eigenvalue weighted by atomic mass is 35.5. The number of amides is 1. The largest absolute Gasteiger partial charge is 0.378 e. The number of unbranched alkanes of at least 4 members (excludes halogenated alkanes) is 1. The highest BCUT2D eigenvalue weighted by Gasteiger charge is 1.98. The number of carbonyl (C=O) groups excluding carboxylic acids is 1. The zero-order chi connectivity index (χ0) is 9.94. The van der Waals surface area contributed by atoms with Gasteiger partial charge in [-0.05, 0) is 6.42 Å². The van der Waals surface area contributed by atoms with Gasteiger partial charge in [-0.25, -0.2) is 0 Å². The number of rotatable bonds is 8. The van der Waals surface area contributed by atoms with Gasteiger partial charge in [0.2, 0.25) is 5.91 Å². The fourth-order valence-electron chi connectivity index (χ4n) is 0.845. The van der Waals surface area contributed by atoms with E-state index in [0.717, 1.165) is 12.8 Å². The van der Waals surface area contributed by atoms with Crippen LogP contribution in [0.1, 0.15) is 26.2 Å². The van der Waals surface area contributed by atoms with E-state index < -0.39 is 0 Å². The predicted octanol–water partition coefficient (Wildman–Crippen LogP) is 1.55. The summed E-state index contributed by atoms with van der Waals surface area (Å²) in [7, 11) is 0. The van der Waals surface area contributed by atoms with Crippen LogP contribution in [0.3, 0.4) is 0 Å². The van der Waals surface area contributed by atoms with Gasteiger partial charge in [0.15, 0.2) is 0 Å². The Morgan fingerprint density at radius 2 is 2.23 bits per heavy atom. The van der Waals surface area contributed by atoms with E-state index in [1.165, 1.54) is 0 Å². The SMILES string of the molecule is CCCCC(=O)NCCOCCCl. The van der Waals surface area contributed by atoms with Crippen LogP contribution in [-0.4, -0.2) is 31.5 Å². The molecule has 0 aliphatic rings. The molecular formula is C9H18ClNO2. The van der Waals surface area contributed by atoms with Crippen molar-refractivity contribution in [1.29, 1.82) is 0 Å². The highest BCUT2D eigenvalue weighted by Crippen LogP contribution is 1.92. The maximum atomic E-state index is 11.0. The van der Waals surface area contributed by atoms with Crippen LogP contribution in [-0.2, 0) is 9.53 Å². The number of nitrogens with one attached hydrogen (secondary N) is 1. The summed E-state index contributed by atoms with van der Waals surface area (Å²) in [6.07, 6.45) is 2.62. The Morgan fingerprint density at radius 1 is 1.46 bits per heavy atom. The molecule has 0 heterocycles. The molecule has 0 aromatic carbocycles. The average Bonchev–Trinajstić information content (AvgIpc) is 2.14. The van der Waals surface area contributed by atoms with Crippen LogP contribution < -0.4 is 5.32 Å². The summed E-state index contributed by atoms with van der Waals surface area (Å²) in [5, 5.41) is 2.77. The van der Waals surface area contributed by atoms with Gasteiger partial charge in [0.1, 0.15) is 0 Å². The fourth-order valence-corrected chi connectivity index (χ4v) is 0.954. The van der Waals surface area contributed by atoms with Crippen LogP contribution in [0.2, 0.25) is 0 Å². The summed E-state index contributed by atoms with van der Waals surface area (Å²) in [5.41, 5.74) is 0. The van der Waals surface area contributed by atoms with Crippen molar-refractivity contribution < 1.29 is 9.53 Å². The van der Waals surface area contributed by atoms with E-state index in [4.69, 9.17) is 16.3 Å². The second-order valence-electron chi connectivity index (χ2n) is 2.75. The zero-order valence-electron chi connectivity index (χ0n) is 8.14. The zero-order valence-corrected chi connectivity index (χ0v) is 8.90. The quantitative estimate of drug-likeness (QED) is 0.485. The summed E-state index contributed by atoms with van der Waals surface area (Å²) in [5.74, 6) is 0.611. The molecule has 1 N–H and O–H groups in total. The number of hydrogen-bond acceptors (Lipinski definition) is 2. The monoisotopic (exact) mass is 207 g/mol. The minimum atomic E-state index is 0.108. The van der Waals surface area contributed by atoms with Crippen LogP contribution in [0.5, 0.6) is 0 Å². The van der Waals surface area contributed by atoms with Crippen LogP contribution >= 0.6 is 11.6 Å². The van der Waals surface area contributed by atoms with Gasteiger partial charge in [-0.15, -0.1) is 11.6 Å². The van der Waals surface area contributed by atoms with Crippen molar-refractivity contribution in [2.75, 3.05) is 25.6 Å². The lowest BCUT2D eigenvalue weighted by Crippen LogP contribution is -2.27. The molecule has 0 rings (SSSR count). The third kappa shape index (κ3) is 9.64. The first-order valence-corrected chi connectivity index (χ1v) is 5.25. The highest BCUT2D eigenvalue weighted by molar-refractivity contribution is 6.17. The molecule has 0 unspecified atom stereocenters. The van der Waals surface area contributed by atoms with Crippen molar-refractivity contribution in [2.24, 2.45) is 0 Å². The molecule has 0 radical (unpaired) electrons. The third-order valence-electron chi connectivity index (χ3n) is 1.55. The molecule has 1 amide bonds. The summed E-state index contributed by atoms with van der Waals surface area (Å²) < 4.78 is 5.09. The number of halogens is 1. The summed E-state index contributed by atoms with van der Waals surface area (Å²) in [6, 6.07) is 0. The molecular weight excluding hydrogens is 190 g/mol. The Balaban J connectivity index is 3.08. The second-order valence-corrected chi connectivity index (χ2v) is 3.13. The molecule has 0 saturated carbocycles. The number of ether oxygens (including phenoxy) is 1. The maximum absolute atomic E-state index is 11.0. The van der Waals surface area contributed by atoms with Crippen molar-refractivity contribution in [3.63, 3.8) is 0 Å². The van der Waals surface area contributed by atoms with Crippen LogP contribution in [0, 0.1) is 0 Å². The first kappa shape index (κ1) is 12.7. The lowest BCUT2D eigenvalue weighted by atomic mass is 10.2. The van der Waals surface area contributed by atoms with Gasteiger partial charge < -0.3 is 10.1 Å². The molecule has 0 spiro atoms. The minimum absolute atomic E-state index is 0.108. The van der Waals surface area contributed by atoms with E-state index in [1.807, 2.05) is 0 Å². The van der Waals surface area contributed by atoms with Crippen molar-refractivity contribution in [1.82, 2.24) is 5.32 Å². The van der Waals surface area contributed by atoms with Gasteiger partial charge in [0, 0.05) is 18.8 Å². The van der Waals surface area contributed by atoms with Gasteiger partial charge in [0.05, 0.1) is 13.2 Å². The Hall–Kier alpha value is -0.280. The van der Waals surface area contributed by atoms with Crippen LogP contribution in [0.4, 0.5) is 0 Å². The number of alkyl halides is 1. The van der Waals surface area contributed by atoms with Gasteiger partial charge in [-0.3, -0.25) is 4.79 Å². The molecule has 13 heavy (non-hydrogen) atoms. The van der Waals surface area contributed by atoms with E-state index in [2.05, 4.69) is 12.2 Å². The molecule has 0 aliphatic carbocycles. The lowest BCUT2D eigenvalue weighted by molar-refractivity contribution is -0.121. The molecule has 3 nitrogen and oxygen atoms in total. The van der Waals surface area contributed by atoms with E-state index in [0.29, 0.717) is 32.1 Å². The molecule has 0 aromatic heterocycles. The molecule has 0 aromatic rings. The Bertz CT molecular complexity index is 131. The van der Waals surface area contributed by atoms with Crippen LogP contribution in [0.15, 0.2) is 0 Å². The van der Waals surface area contributed by atoms with Crippen molar-refractivity contribution in [2.45, 2.75) is 26.2 Å². The van der Waals surface area contributed by atoms with Crippen molar-refractivity contribution in [3.05, 3.63) is 0 Å². The summed E-state index contributed by atoms with van der Waals surface area (Å²) in [6.45, 7) is 3.74. The summed E-state index contributed by atoms with van der Waals surface area (Å²) >= 11 is 5.40. The predicted molar refractivity (Wildman–Crippen MR) is 54.1 cm³/mol. The minimum Gasteiger partial charge on any atom is -0.378 e. The third-order valence-corrected chi connectivity index (χ3v) is 1.70. The van der Waals surface area contributed by atoms with Gasteiger partial charge >= 0.3 is 0 Å². The Kier molecular flexibility index (Phi) is 9.59. The lowest BCUT2D eigenvalue weighted by Gasteiger charge is -2.04. The fraction of sp³-hybridized carbons (Fsp3) is 0.889. The molecule has 78 valence electrons. The van der Waals surface area contributed by atoms with Gasteiger partial charge in [-0.1, -0.05) is 13.3 Å². The van der Waals surface area contributed by atoms with Crippen molar-refractivity contribution in [3.8, 4) is 0 Å². The van der Waals surface area contributed by atoms with Crippen molar-refractivity contribution >= 4 is 17.5 Å². The Morgan fingerprint density at radius 3 is 2.85 bits per heavy atom. The second kappa shape index (κ2) is 9.81. The van der Waals surface area contributed by atoms with E-state index in [1.54, 1.807) is 0 Å². The van der Waals surface area contributed by atoms with Gasteiger partial charge in [0.25, 0.3) is 0 Å². The van der Waals surface area contributed by atoms with E-state index in [9.17, 15) is 4.79 Å². The summed E-state index contributed by atoms with van der Waals surface area (Å²) in [4.78, 5) is 11.0. The first-order valence-electron chi connectivity index (χ1n) is 4.71. The molecule has 0 saturated heterocycles. The Labute approximate surface area is 84.8 Å². The molecule has 4 heteroatoms.